The van der Waals surface area contributed by atoms with Gasteiger partial charge in [-0.2, -0.15) is 0 Å². The number of amides is 2. The van der Waals surface area contributed by atoms with E-state index in [-0.39, 0.29) is 11.8 Å². The molecule has 8 nitrogen and oxygen atoms in total. The van der Waals surface area contributed by atoms with Gasteiger partial charge in [-0.1, -0.05) is 0 Å². The molecule has 2 amide bonds. The Hall–Kier alpha value is -2.58. The average Bonchev–Trinajstić information content (AvgIpc) is 3.43. The van der Waals surface area contributed by atoms with Gasteiger partial charge in [0.2, 0.25) is 0 Å². The van der Waals surface area contributed by atoms with Crippen LogP contribution >= 0.6 is 0 Å². The Kier molecular flexibility index (Phi) is 7.69. The number of nitrogens with one attached hydrogen (secondary N) is 4. The minimum absolute atomic E-state index is 0.145. The fraction of sp³-hybridized carbons (Fsp3) is 0.500. The molecule has 0 saturated carbocycles. The molecule has 0 aromatic carbocycles. The quantitative estimate of drug-likeness (QED) is 0.375. The van der Waals surface area contributed by atoms with E-state index in [0.29, 0.717) is 24.6 Å². The molecule has 0 unspecified atom stereocenters. The predicted octanol–water partition coefficient (Wildman–Crippen LogP) is -1.40. The van der Waals surface area contributed by atoms with E-state index < -0.39 is 0 Å². The van der Waals surface area contributed by atoms with Gasteiger partial charge >= 0.3 is 0 Å². The molecule has 1 aliphatic rings. The first kappa shape index (κ1) is 20.2. The van der Waals surface area contributed by atoms with E-state index >= 15 is 0 Å². The molecule has 1 aliphatic heterocycles. The lowest BCUT2D eigenvalue weighted by atomic mass is 10.2. The Morgan fingerprint density at radius 3 is 1.57 bits per heavy atom. The van der Waals surface area contributed by atoms with E-state index in [1.807, 2.05) is 0 Å². The van der Waals surface area contributed by atoms with Crippen LogP contribution in [0.3, 0.4) is 0 Å². The SMILES string of the molecule is O=C(NCCC[NH+]1CC[NH+](CCCNC(=O)c2ccco2)CC1)c1ccco1. The van der Waals surface area contributed by atoms with Gasteiger partial charge in [0.15, 0.2) is 11.5 Å². The largest absolute Gasteiger partial charge is 0.459 e. The number of carbonyl (C=O) groups is 2. The lowest BCUT2D eigenvalue weighted by Gasteiger charge is -2.29. The normalized spacial score (nSPS) is 19.3. The zero-order chi connectivity index (χ0) is 19.6. The zero-order valence-corrected chi connectivity index (χ0v) is 16.2. The average molecular weight is 390 g/mol. The number of carbonyl (C=O) groups excluding carboxylic acids is 2. The van der Waals surface area contributed by atoms with Gasteiger partial charge in [-0.25, -0.2) is 0 Å². The highest BCUT2D eigenvalue weighted by atomic mass is 16.3. The fourth-order valence-corrected chi connectivity index (χ4v) is 3.53. The molecule has 2 aromatic rings. The summed E-state index contributed by atoms with van der Waals surface area (Å²) in [6.07, 6.45) is 4.95. The molecule has 1 fully saturated rings. The Morgan fingerprint density at radius 2 is 1.21 bits per heavy atom. The van der Waals surface area contributed by atoms with Crippen molar-refractivity contribution in [2.24, 2.45) is 0 Å². The molecule has 0 radical (unpaired) electrons. The van der Waals surface area contributed by atoms with E-state index in [1.165, 1.54) is 12.5 Å². The van der Waals surface area contributed by atoms with Crippen molar-refractivity contribution in [3.8, 4) is 0 Å². The summed E-state index contributed by atoms with van der Waals surface area (Å²) in [6, 6.07) is 6.78. The molecule has 4 N–H and O–H groups in total. The predicted molar refractivity (Wildman–Crippen MR) is 102 cm³/mol. The third-order valence-corrected chi connectivity index (χ3v) is 5.14. The number of furan rings is 2. The van der Waals surface area contributed by atoms with Crippen LogP contribution in [-0.4, -0.2) is 64.2 Å². The Balaban J connectivity index is 1.20. The Bertz CT molecular complexity index is 644. The zero-order valence-electron chi connectivity index (χ0n) is 16.2. The highest BCUT2D eigenvalue weighted by molar-refractivity contribution is 5.91. The first-order valence-electron chi connectivity index (χ1n) is 10.0. The van der Waals surface area contributed by atoms with Gasteiger partial charge in [0, 0.05) is 25.9 Å². The van der Waals surface area contributed by atoms with Crippen molar-refractivity contribution in [2.75, 3.05) is 52.4 Å². The maximum atomic E-state index is 11.8. The van der Waals surface area contributed by atoms with Gasteiger partial charge in [-0.05, 0) is 24.3 Å². The van der Waals surface area contributed by atoms with Crippen LogP contribution < -0.4 is 20.4 Å². The second-order valence-corrected chi connectivity index (χ2v) is 7.17. The summed E-state index contributed by atoms with van der Waals surface area (Å²) >= 11 is 0. The summed E-state index contributed by atoms with van der Waals surface area (Å²) in [4.78, 5) is 26.8. The van der Waals surface area contributed by atoms with Crippen LogP contribution in [0.15, 0.2) is 45.6 Å². The lowest BCUT2D eigenvalue weighted by molar-refractivity contribution is -1.01. The van der Waals surface area contributed by atoms with Crippen LogP contribution in [0.2, 0.25) is 0 Å². The van der Waals surface area contributed by atoms with Crippen LogP contribution in [0.1, 0.15) is 34.0 Å². The van der Waals surface area contributed by atoms with E-state index in [1.54, 1.807) is 34.1 Å². The Morgan fingerprint density at radius 1 is 0.786 bits per heavy atom. The summed E-state index contributed by atoms with van der Waals surface area (Å²) in [7, 11) is 0. The molecule has 0 bridgehead atoms. The summed E-state index contributed by atoms with van der Waals surface area (Å²) in [5.41, 5.74) is 0. The van der Waals surface area contributed by atoms with Gasteiger partial charge in [-0.3, -0.25) is 9.59 Å². The number of piperazine rings is 1. The third-order valence-electron chi connectivity index (χ3n) is 5.14. The summed E-state index contributed by atoms with van der Waals surface area (Å²) in [5, 5.41) is 5.79. The molecular formula is C20H30N4O4+2. The number of hydrogen-bond acceptors (Lipinski definition) is 4. The fourth-order valence-electron chi connectivity index (χ4n) is 3.53. The second-order valence-electron chi connectivity index (χ2n) is 7.17. The highest BCUT2D eigenvalue weighted by Gasteiger charge is 2.22. The Labute approximate surface area is 164 Å². The monoisotopic (exact) mass is 390 g/mol. The molecular weight excluding hydrogens is 360 g/mol. The number of quaternary nitrogens is 2. The minimum atomic E-state index is -0.145. The molecule has 3 rings (SSSR count). The van der Waals surface area contributed by atoms with E-state index in [9.17, 15) is 9.59 Å². The molecule has 2 aromatic heterocycles. The highest BCUT2D eigenvalue weighted by Crippen LogP contribution is 1.99. The van der Waals surface area contributed by atoms with Crippen molar-refractivity contribution in [1.82, 2.24) is 10.6 Å². The molecule has 152 valence electrons. The van der Waals surface area contributed by atoms with Crippen molar-refractivity contribution in [3.05, 3.63) is 48.3 Å². The van der Waals surface area contributed by atoms with Crippen LogP contribution in [0.25, 0.3) is 0 Å². The molecule has 0 atom stereocenters. The van der Waals surface area contributed by atoms with Crippen LogP contribution in [0.5, 0.6) is 0 Å². The first-order valence-corrected chi connectivity index (χ1v) is 10.0. The van der Waals surface area contributed by atoms with Crippen LogP contribution in [0, 0.1) is 0 Å². The summed E-state index contributed by atoms with van der Waals surface area (Å²) in [6.45, 7) is 8.11. The van der Waals surface area contributed by atoms with E-state index in [0.717, 1.165) is 52.1 Å². The lowest BCUT2D eigenvalue weighted by Crippen LogP contribution is -3.28. The van der Waals surface area contributed by atoms with Crippen molar-refractivity contribution >= 4 is 11.8 Å². The van der Waals surface area contributed by atoms with Crippen LogP contribution in [0.4, 0.5) is 0 Å². The smallest absolute Gasteiger partial charge is 0.286 e. The topological polar surface area (TPSA) is 93.4 Å². The molecule has 1 saturated heterocycles. The van der Waals surface area contributed by atoms with Crippen molar-refractivity contribution in [2.45, 2.75) is 12.8 Å². The third kappa shape index (κ3) is 6.24. The standard InChI is InChI=1S/C20H28N4O4/c25-19(17-5-1-15-27-17)21-7-3-9-23-11-13-24(14-12-23)10-4-8-22-20(26)18-6-2-16-28-18/h1-2,5-6,15-16H,3-4,7-14H2,(H,21,25)(H,22,26)/p+2. The van der Waals surface area contributed by atoms with Gasteiger partial charge < -0.3 is 29.3 Å². The summed E-state index contributed by atoms with van der Waals surface area (Å²) < 4.78 is 10.2. The van der Waals surface area contributed by atoms with Gasteiger partial charge in [0.05, 0.1) is 25.6 Å². The van der Waals surface area contributed by atoms with Crippen LogP contribution in [-0.2, 0) is 0 Å². The van der Waals surface area contributed by atoms with Crippen molar-refractivity contribution < 1.29 is 28.2 Å². The molecule has 3 heterocycles. The van der Waals surface area contributed by atoms with Crippen molar-refractivity contribution in [1.29, 1.82) is 0 Å². The van der Waals surface area contributed by atoms with E-state index in [2.05, 4.69) is 10.6 Å². The van der Waals surface area contributed by atoms with Gasteiger partial charge in [-0.15, -0.1) is 0 Å². The van der Waals surface area contributed by atoms with Crippen molar-refractivity contribution in [3.63, 3.8) is 0 Å². The van der Waals surface area contributed by atoms with Gasteiger partial charge in [0.1, 0.15) is 26.2 Å². The minimum Gasteiger partial charge on any atom is -0.459 e. The first-order chi connectivity index (χ1) is 13.7. The maximum Gasteiger partial charge on any atom is 0.286 e. The maximum absolute atomic E-state index is 11.8. The van der Waals surface area contributed by atoms with Gasteiger partial charge in [0.25, 0.3) is 11.8 Å². The van der Waals surface area contributed by atoms with E-state index in [4.69, 9.17) is 8.83 Å². The molecule has 28 heavy (non-hydrogen) atoms. The second kappa shape index (κ2) is 10.7. The molecule has 0 aliphatic carbocycles. The number of hydrogen-bond donors (Lipinski definition) is 4. The summed E-state index contributed by atoms with van der Waals surface area (Å²) in [5.74, 6) is 0.441. The molecule has 8 heteroatoms. The molecule has 0 spiro atoms. The number of rotatable bonds is 10.